The molecule has 0 radical (unpaired) electrons. The largest absolute Gasteiger partial charge is 0.387 e. The highest BCUT2D eigenvalue weighted by molar-refractivity contribution is 5.99. The van der Waals surface area contributed by atoms with Crippen LogP contribution in [0.5, 0.6) is 0 Å². The van der Waals surface area contributed by atoms with E-state index in [4.69, 9.17) is 0 Å². The van der Waals surface area contributed by atoms with Crippen LogP contribution < -0.4 is 5.32 Å². The molecule has 0 saturated heterocycles. The average Bonchev–Trinajstić information content (AvgIpc) is 3.37. The Morgan fingerprint density at radius 2 is 1.95 bits per heavy atom. The van der Waals surface area contributed by atoms with Gasteiger partial charge in [-0.2, -0.15) is 0 Å². The van der Waals surface area contributed by atoms with E-state index < -0.39 is 0 Å². The molecule has 21 heavy (non-hydrogen) atoms. The van der Waals surface area contributed by atoms with Gasteiger partial charge < -0.3 is 10.2 Å². The lowest BCUT2D eigenvalue weighted by Gasteiger charge is -2.23. The Kier molecular flexibility index (Phi) is 3.86. The van der Waals surface area contributed by atoms with Crippen LogP contribution in [0.15, 0.2) is 48.8 Å². The van der Waals surface area contributed by atoms with Gasteiger partial charge in [0, 0.05) is 37.7 Å². The van der Waals surface area contributed by atoms with Gasteiger partial charge in [0.15, 0.2) is 0 Å². The van der Waals surface area contributed by atoms with Crippen molar-refractivity contribution in [2.24, 2.45) is 0 Å². The van der Waals surface area contributed by atoms with Crippen molar-refractivity contribution in [2.45, 2.75) is 25.4 Å². The van der Waals surface area contributed by atoms with E-state index >= 15 is 0 Å². The molecule has 1 N–H and O–H groups in total. The fraction of sp³-hybridized carbons (Fsp3) is 0.294. The summed E-state index contributed by atoms with van der Waals surface area (Å²) in [7, 11) is 1.84. The molecule has 108 valence electrons. The van der Waals surface area contributed by atoms with Crippen molar-refractivity contribution in [1.82, 2.24) is 9.88 Å². The van der Waals surface area contributed by atoms with E-state index in [1.165, 1.54) is 0 Å². The Balaban J connectivity index is 1.85. The number of hydrogen-bond acceptors (Lipinski definition) is 3. The molecule has 0 unspecified atom stereocenters. The summed E-state index contributed by atoms with van der Waals surface area (Å²) in [5, 5.41) is 3.10. The molecule has 4 nitrogen and oxygen atoms in total. The Hall–Kier alpha value is -2.36. The number of benzene rings is 1. The number of carbonyl (C=O) groups is 1. The van der Waals surface area contributed by atoms with Crippen LogP contribution >= 0.6 is 0 Å². The van der Waals surface area contributed by atoms with Crippen LogP contribution in [-0.2, 0) is 6.54 Å². The standard InChI is InChI=1S/C17H19N3O/c1-18-16-5-3-2-4-15(16)17(21)20(14-6-7-14)12-13-8-10-19-11-9-13/h2-5,8-11,14,18H,6-7,12H2,1H3. The molecule has 1 heterocycles. The molecule has 1 aromatic heterocycles. The fourth-order valence-corrected chi connectivity index (χ4v) is 2.48. The zero-order chi connectivity index (χ0) is 14.7. The maximum atomic E-state index is 12.9. The van der Waals surface area contributed by atoms with Gasteiger partial charge >= 0.3 is 0 Å². The number of nitrogens with zero attached hydrogens (tertiary/aromatic N) is 2. The molecule has 2 aromatic rings. The Morgan fingerprint density at radius 1 is 1.24 bits per heavy atom. The predicted molar refractivity (Wildman–Crippen MR) is 83.1 cm³/mol. The average molecular weight is 281 g/mol. The van der Waals surface area contributed by atoms with E-state index in [9.17, 15) is 4.79 Å². The number of aromatic nitrogens is 1. The summed E-state index contributed by atoms with van der Waals surface area (Å²) in [5.74, 6) is 0.0965. The molecule has 0 bridgehead atoms. The number of pyridine rings is 1. The molecule has 1 aliphatic carbocycles. The lowest BCUT2D eigenvalue weighted by atomic mass is 10.1. The van der Waals surface area contributed by atoms with Crippen molar-refractivity contribution in [3.63, 3.8) is 0 Å². The van der Waals surface area contributed by atoms with Crippen LogP contribution in [0.1, 0.15) is 28.8 Å². The Morgan fingerprint density at radius 3 is 2.62 bits per heavy atom. The van der Waals surface area contributed by atoms with E-state index in [2.05, 4.69) is 10.3 Å². The van der Waals surface area contributed by atoms with Crippen molar-refractivity contribution >= 4 is 11.6 Å². The van der Waals surface area contributed by atoms with Crippen molar-refractivity contribution < 1.29 is 4.79 Å². The molecule has 3 rings (SSSR count). The van der Waals surface area contributed by atoms with Crippen LogP contribution in [0, 0.1) is 0 Å². The molecule has 1 amide bonds. The molecule has 1 aliphatic rings. The second kappa shape index (κ2) is 5.95. The Bertz CT molecular complexity index is 623. The topological polar surface area (TPSA) is 45.2 Å². The number of amides is 1. The van der Waals surface area contributed by atoms with Gasteiger partial charge in [-0.1, -0.05) is 12.1 Å². The lowest BCUT2D eigenvalue weighted by Crippen LogP contribution is -2.33. The molecule has 0 spiro atoms. The number of carbonyl (C=O) groups excluding carboxylic acids is 1. The molecule has 1 fully saturated rings. The molecule has 0 aliphatic heterocycles. The second-order valence-corrected chi connectivity index (χ2v) is 5.32. The van der Waals surface area contributed by atoms with Crippen molar-refractivity contribution in [2.75, 3.05) is 12.4 Å². The first-order valence-electron chi connectivity index (χ1n) is 7.26. The second-order valence-electron chi connectivity index (χ2n) is 5.32. The van der Waals surface area contributed by atoms with Gasteiger partial charge in [0.05, 0.1) is 5.56 Å². The van der Waals surface area contributed by atoms with E-state index in [0.717, 1.165) is 29.7 Å². The molecular weight excluding hydrogens is 262 g/mol. The highest BCUT2D eigenvalue weighted by atomic mass is 16.2. The SMILES string of the molecule is CNc1ccccc1C(=O)N(Cc1ccncc1)C1CC1. The number of nitrogens with one attached hydrogen (secondary N) is 1. The number of anilines is 1. The third kappa shape index (κ3) is 3.05. The van der Waals surface area contributed by atoms with Gasteiger partial charge in [0.1, 0.15) is 0 Å². The first-order valence-corrected chi connectivity index (χ1v) is 7.26. The zero-order valence-electron chi connectivity index (χ0n) is 12.1. The van der Waals surface area contributed by atoms with E-state index in [0.29, 0.717) is 12.6 Å². The first-order chi connectivity index (χ1) is 10.3. The summed E-state index contributed by atoms with van der Waals surface area (Å²) < 4.78 is 0. The third-order valence-electron chi connectivity index (χ3n) is 3.78. The van der Waals surface area contributed by atoms with Gasteiger partial charge in [-0.25, -0.2) is 0 Å². The monoisotopic (exact) mass is 281 g/mol. The summed E-state index contributed by atoms with van der Waals surface area (Å²) in [4.78, 5) is 18.9. The molecule has 1 saturated carbocycles. The fourth-order valence-electron chi connectivity index (χ4n) is 2.48. The molecule has 0 atom stereocenters. The van der Waals surface area contributed by atoms with Gasteiger partial charge in [0.25, 0.3) is 5.91 Å². The first kappa shape index (κ1) is 13.6. The highest BCUT2D eigenvalue weighted by Crippen LogP contribution is 2.31. The zero-order valence-corrected chi connectivity index (χ0v) is 12.1. The van der Waals surface area contributed by atoms with Crippen LogP contribution in [0.2, 0.25) is 0 Å². The number of para-hydroxylation sites is 1. The summed E-state index contributed by atoms with van der Waals surface area (Å²) >= 11 is 0. The summed E-state index contributed by atoms with van der Waals surface area (Å²) in [5.41, 5.74) is 2.73. The van der Waals surface area contributed by atoms with E-state index in [1.54, 1.807) is 12.4 Å². The summed E-state index contributed by atoms with van der Waals surface area (Å²) in [6.45, 7) is 0.643. The van der Waals surface area contributed by atoms with Gasteiger partial charge in [-0.15, -0.1) is 0 Å². The van der Waals surface area contributed by atoms with E-state index in [-0.39, 0.29) is 5.91 Å². The lowest BCUT2D eigenvalue weighted by molar-refractivity contribution is 0.0731. The molecule has 1 aromatic carbocycles. The normalized spacial score (nSPS) is 13.8. The highest BCUT2D eigenvalue weighted by Gasteiger charge is 2.33. The molecular formula is C17H19N3O. The van der Waals surface area contributed by atoms with Gasteiger partial charge in [0.2, 0.25) is 0 Å². The quantitative estimate of drug-likeness (QED) is 0.916. The van der Waals surface area contributed by atoms with E-state index in [1.807, 2.05) is 48.3 Å². The van der Waals surface area contributed by atoms with Crippen molar-refractivity contribution in [3.05, 3.63) is 59.9 Å². The smallest absolute Gasteiger partial charge is 0.256 e. The van der Waals surface area contributed by atoms with Gasteiger partial charge in [-0.3, -0.25) is 9.78 Å². The van der Waals surface area contributed by atoms with Gasteiger partial charge in [-0.05, 0) is 42.7 Å². The number of hydrogen-bond donors (Lipinski definition) is 1. The number of rotatable bonds is 5. The Labute approximate surface area is 124 Å². The van der Waals surface area contributed by atoms with Crippen LogP contribution in [0.3, 0.4) is 0 Å². The van der Waals surface area contributed by atoms with Crippen LogP contribution in [-0.4, -0.2) is 28.9 Å². The van der Waals surface area contributed by atoms with Crippen molar-refractivity contribution in [1.29, 1.82) is 0 Å². The minimum atomic E-state index is 0.0965. The minimum absolute atomic E-state index is 0.0965. The van der Waals surface area contributed by atoms with Crippen LogP contribution in [0.4, 0.5) is 5.69 Å². The third-order valence-corrected chi connectivity index (χ3v) is 3.78. The predicted octanol–water partition coefficient (Wildman–Crippen LogP) is 2.93. The summed E-state index contributed by atoms with van der Waals surface area (Å²) in [6, 6.07) is 12.0. The maximum Gasteiger partial charge on any atom is 0.256 e. The van der Waals surface area contributed by atoms with Crippen molar-refractivity contribution in [3.8, 4) is 0 Å². The van der Waals surface area contributed by atoms with Crippen LogP contribution in [0.25, 0.3) is 0 Å². The maximum absolute atomic E-state index is 12.9. The molecule has 4 heteroatoms. The summed E-state index contributed by atoms with van der Waals surface area (Å²) in [6.07, 6.45) is 5.73. The minimum Gasteiger partial charge on any atom is -0.387 e.